The second kappa shape index (κ2) is 5.38. The van der Waals surface area contributed by atoms with Crippen molar-refractivity contribution in [2.75, 3.05) is 6.54 Å². The summed E-state index contributed by atoms with van der Waals surface area (Å²) in [6, 6.07) is 4.84. The lowest BCUT2D eigenvalue weighted by Crippen LogP contribution is -2.27. The summed E-state index contributed by atoms with van der Waals surface area (Å²) in [5.41, 5.74) is 0.460. The van der Waals surface area contributed by atoms with Crippen LogP contribution in [-0.2, 0) is 0 Å². The first kappa shape index (κ1) is 12.3. The molecular weight excluding hydrogens is 233 g/mol. The van der Waals surface area contributed by atoms with Crippen LogP contribution < -0.4 is 5.32 Å². The van der Waals surface area contributed by atoms with Crippen molar-refractivity contribution in [2.24, 2.45) is 5.92 Å². The Kier molecular flexibility index (Phi) is 4.43. The van der Waals surface area contributed by atoms with Gasteiger partial charge in [0.25, 0.3) is 5.91 Å². The Bertz CT molecular complexity index is 364. The number of carbonyl (C=O) groups is 1. The molecule has 0 radical (unpaired) electrons. The van der Waals surface area contributed by atoms with Crippen molar-refractivity contribution in [2.45, 2.75) is 13.8 Å². The molecule has 0 unspecified atom stereocenters. The summed E-state index contributed by atoms with van der Waals surface area (Å²) in [7, 11) is 0. The molecule has 0 atom stereocenters. The van der Waals surface area contributed by atoms with E-state index in [9.17, 15) is 4.79 Å². The van der Waals surface area contributed by atoms with Gasteiger partial charge >= 0.3 is 0 Å². The lowest BCUT2D eigenvalue weighted by molar-refractivity contribution is 0.0949. The van der Waals surface area contributed by atoms with Crippen LogP contribution in [0.15, 0.2) is 18.2 Å². The molecule has 0 aliphatic carbocycles. The molecule has 1 amide bonds. The zero-order chi connectivity index (χ0) is 11.4. The van der Waals surface area contributed by atoms with Crippen molar-refractivity contribution in [3.63, 3.8) is 0 Å². The van der Waals surface area contributed by atoms with Crippen LogP contribution in [0.4, 0.5) is 0 Å². The maximum Gasteiger partial charge on any atom is 0.252 e. The van der Waals surface area contributed by atoms with Crippen LogP contribution in [-0.4, -0.2) is 12.5 Å². The molecule has 4 heteroatoms. The predicted molar refractivity (Wildman–Crippen MR) is 63.6 cm³/mol. The predicted octanol–water partition coefficient (Wildman–Crippen LogP) is 3.38. The Hall–Kier alpha value is -0.730. The molecule has 1 aromatic rings. The molecule has 0 fully saturated rings. The highest BCUT2D eigenvalue weighted by molar-refractivity contribution is 6.36. The number of carbonyl (C=O) groups excluding carboxylic acids is 1. The molecule has 0 aliphatic heterocycles. The Balaban J connectivity index is 2.74. The number of nitrogens with one attached hydrogen (secondary N) is 1. The topological polar surface area (TPSA) is 29.1 Å². The van der Waals surface area contributed by atoms with E-state index in [0.29, 0.717) is 28.1 Å². The van der Waals surface area contributed by atoms with E-state index >= 15 is 0 Å². The van der Waals surface area contributed by atoms with Crippen molar-refractivity contribution in [3.8, 4) is 0 Å². The first-order valence-electron chi connectivity index (χ1n) is 4.74. The maximum absolute atomic E-state index is 11.6. The van der Waals surface area contributed by atoms with Gasteiger partial charge < -0.3 is 5.32 Å². The second-order valence-electron chi connectivity index (χ2n) is 3.73. The monoisotopic (exact) mass is 245 g/mol. The van der Waals surface area contributed by atoms with Crippen LogP contribution in [0.5, 0.6) is 0 Å². The van der Waals surface area contributed by atoms with Crippen molar-refractivity contribution in [1.82, 2.24) is 5.32 Å². The van der Waals surface area contributed by atoms with E-state index in [1.54, 1.807) is 18.2 Å². The van der Waals surface area contributed by atoms with Gasteiger partial charge in [-0.2, -0.15) is 0 Å². The Morgan fingerprint density at radius 2 is 2.07 bits per heavy atom. The van der Waals surface area contributed by atoms with Gasteiger partial charge in [-0.15, -0.1) is 0 Å². The van der Waals surface area contributed by atoms with E-state index in [-0.39, 0.29) is 5.91 Å². The minimum Gasteiger partial charge on any atom is -0.352 e. The number of halogens is 2. The summed E-state index contributed by atoms with van der Waals surface area (Å²) in [5, 5.41) is 3.70. The van der Waals surface area contributed by atoms with Gasteiger partial charge in [0.05, 0.1) is 10.6 Å². The molecule has 0 heterocycles. The Labute approximate surface area is 99.6 Å². The van der Waals surface area contributed by atoms with Crippen LogP contribution in [0.1, 0.15) is 24.2 Å². The van der Waals surface area contributed by atoms with Crippen molar-refractivity contribution >= 4 is 29.1 Å². The summed E-state index contributed by atoms with van der Waals surface area (Å²) < 4.78 is 0. The standard InChI is InChI=1S/C11H13Cl2NO/c1-7(2)6-14-11(15)9-4-3-8(12)5-10(9)13/h3-5,7H,6H2,1-2H3,(H,14,15). The average molecular weight is 246 g/mol. The summed E-state index contributed by atoms with van der Waals surface area (Å²) >= 11 is 11.6. The van der Waals surface area contributed by atoms with Crippen LogP contribution >= 0.6 is 23.2 Å². The minimum atomic E-state index is -0.162. The molecule has 1 rings (SSSR count). The van der Waals surface area contributed by atoms with Gasteiger partial charge in [-0.3, -0.25) is 4.79 Å². The van der Waals surface area contributed by atoms with Gasteiger partial charge in [0.1, 0.15) is 0 Å². The fourth-order valence-electron chi connectivity index (χ4n) is 1.07. The summed E-state index contributed by atoms with van der Waals surface area (Å²) in [6.45, 7) is 4.70. The number of amides is 1. The van der Waals surface area contributed by atoms with Gasteiger partial charge in [-0.25, -0.2) is 0 Å². The first-order valence-corrected chi connectivity index (χ1v) is 5.49. The lowest BCUT2D eigenvalue weighted by Gasteiger charge is -2.08. The van der Waals surface area contributed by atoms with Crippen LogP contribution in [0.3, 0.4) is 0 Å². The van der Waals surface area contributed by atoms with Crippen molar-refractivity contribution in [3.05, 3.63) is 33.8 Å². The van der Waals surface area contributed by atoms with E-state index in [1.807, 2.05) is 13.8 Å². The molecule has 0 aliphatic rings. The van der Waals surface area contributed by atoms with Crippen LogP contribution in [0.25, 0.3) is 0 Å². The highest BCUT2D eigenvalue weighted by atomic mass is 35.5. The molecule has 0 saturated carbocycles. The molecule has 0 bridgehead atoms. The maximum atomic E-state index is 11.6. The third-order valence-electron chi connectivity index (χ3n) is 1.85. The Morgan fingerprint density at radius 3 is 2.60 bits per heavy atom. The zero-order valence-electron chi connectivity index (χ0n) is 8.68. The SMILES string of the molecule is CC(C)CNC(=O)c1ccc(Cl)cc1Cl. The largest absolute Gasteiger partial charge is 0.352 e. The van der Waals surface area contributed by atoms with Crippen molar-refractivity contribution in [1.29, 1.82) is 0 Å². The van der Waals surface area contributed by atoms with E-state index in [1.165, 1.54) is 0 Å². The van der Waals surface area contributed by atoms with E-state index < -0.39 is 0 Å². The van der Waals surface area contributed by atoms with E-state index in [0.717, 1.165) is 0 Å². The van der Waals surface area contributed by atoms with Gasteiger partial charge in [-0.1, -0.05) is 37.0 Å². The van der Waals surface area contributed by atoms with Gasteiger partial charge in [0.2, 0.25) is 0 Å². The Morgan fingerprint density at radius 1 is 1.40 bits per heavy atom. The number of benzene rings is 1. The van der Waals surface area contributed by atoms with Gasteiger partial charge in [0, 0.05) is 11.6 Å². The highest BCUT2D eigenvalue weighted by Crippen LogP contribution is 2.20. The van der Waals surface area contributed by atoms with E-state index in [4.69, 9.17) is 23.2 Å². The normalized spacial score (nSPS) is 10.5. The molecule has 0 aromatic heterocycles. The smallest absolute Gasteiger partial charge is 0.252 e. The molecule has 1 aromatic carbocycles. The number of rotatable bonds is 3. The molecule has 1 N–H and O–H groups in total. The molecule has 0 saturated heterocycles. The second-order valence-corrected chi connectivity index (χ2v) is 4.57. The highest BCUT2D eigenvalue weighted by Gasteiger charge is 2.10. The fourth-order valence-corrected chi connectivity index (χ4v) is 1.56. The molecule has 82 valence electrons. The van der Waals surface area contributed by atoms with Crippen LogP contribution in [0, 0.1) is 5.92 Å². The summed E-state index contributed by atoms with van der Waals surface area (Å²) in [6.07, 6.45) is 0. The number of hydrogen-bond donors (Lipinski definition) is 1. The minimum absolute atomic E-state index is 0.162. The average Bonchev–Trinajstić information content (AvgIpc) is 2.14. The number of hydrogen-bond acceptors (Lipinski definition) is 1. The third kappa shape index (κ3) is 3.73. The first-order chi connectivity index (χ1) is 7.00. The summed E-state index contributed by atoms with van der Waals surface area (Å²) in [5.74, 6) is 0.255. The molecular formula is C11H13Cl2NO. The van der Waals surface area contributed by atoms with E-state index in [2.05, 4.69) is 5.32 Å². The zero-order valence-corrected chi connectivity index (χ0v) is 10.2. The van der Waals surface area contributed by atoms with Crippen molar-refractivity contribution < 1.29 is 4.79 Å². The van der Waals surface area contributed by atoms with Crippen LogP contribution in [0.2, 0.25) is 10.0 Å². The fraction of sp³-hybridized carbons (Fsp3) is 0.364. The molecule has 15 heavy (non-hydrogen) atoms. The summed E-state index contributed by atoms with van der Waals surface area (Å²) in [4.78, 5) is 11.6. The van der Waals surface area contributed by atoms with Gasteiger partial charge in [0.15, 0.2) is 0 Å². The quantitative estimate of drug-likeness (QED) is 0.870. The third-order valence-corrected chi connectivity index (χ3v) is 2.39. The van der Waals surface area contributed by atoms with Gasteiger partial charge in [-0.05, 0) is 24.1 Å². The molecule has 0 spiro atoms. The lowest BCUT2D eigenvalue weighted by atomic mass is 10.2. The molecule has 2 nitrogen and oxygen atoms in total.